The molecule has 0 aliphatic carbocycles. The van der Waals surface area contributed by atoms with Gasteiger partial charge in [0.1, 0.15) is 11.5 Å². The van der Waals surface area contributed by atoms with Crippen LogP contribution in [-0.4, -0.2) is 15.3 Å². The lowest BCUT2D eigenvalue weighted by Gasteiger charge is -2.04. The fraction of sp³-hybridized carbons (Fsp3) is 0.0667. The van der Waals surface area contributed by atoms with Crippen molar-refractivity contribution in [3.05, 3.63) is 65.3 Å². The molecule has 0 fully saturated rings. The number of fused-ring (bicyclic) bond motifs is 1. The summed E-state index contributed by atoms with van der Waals surface area (Å²) in [5.41, 5.74) is 1.45. The van der Waals surface area contributed by atoms with Gasteiger partial charge in [-0.15, -0.1) is 0 Å². The number of imidazole rings is 1. The van der Waals surface area contributed by atoms with Crippen LogP contribution in [0.5, 0.6) is 0 Å². The van der Waals surface area contributed by atoms with Gasteiger partial charge in [0.25, 0.3) is 0 Å². The van der Waals surface area contributed by atoms with Gasteiger partial charge < -0.3 is 9.72 Å². The van der Waals surface area contributed by atoms with Crippen LogP contribution in [0.1, 0.15) is 5.69 Å². The largest absolute Gasteiger partial charge is 0.323 e. The third-order valence-corrected chi connectivity index (χ3v) is 3.18. The zero-order valence-corrected chi connectivity index (χ0v) is 11.6. The van der Waals surface area contributed by atoms with E-state index in [4.69, 9.17) is 11.6 Å². The van der Waals surface area contributed by atoms with Crippen molar-refractivity contribution in [2.45, 2.75) is 6.42 Å². The number of amides is 1. The van der Waals surface area contributed by atoms with Crippen molar-refractivity contribution in [3.8, 4) is 0 Å². The number of carbonyl (C=O) groups is 1. The second kappa shape index (κ2) is 5.54. The van der Waals surface area contributed by atoms with Gasteiger partial charge in [-0.05, 0) is 24.3 Å². The molecule has 0 aliphatic heterocycles. The van der Waals surface area contributed by atoms with Crippen LogP contribution in [0.25, 0.3) is 5.65 Å². The first-order valence-corrected chi connectivity index (χ1v) is 6.67. The smallest absolute Gasteiger partial charge is 0.230 e. The zero-order valence-electron chi connectivity index (χ0n) is 10.9. The number of pyridine rings is 1. The molecular formula is C15H11ClFN3O. The molecule has 4 nitrogen and oxygen atoms in total. The highest BCUT2D eigenvalue weighted by Gasteiger charge is 2.10. The quantitative estimate of drug-likeness (QED) is 0.807. The van der Waals surface area contributed by atoms with Crippen molar-refractivity contribution >= 4 is 28.8 Å². The molecule has 0 aliphatic rings. The minimum absolute atomic E-state index is 0.0631. The van der Waals surface area contributed by atoms with Gasteiger partial charge in [-0.2, -0.15) is 0 Å². The maximum atomic E-state index is 13.5. The van der Waals surface area contributed by atoms with Crippen molar-refractivity contribution in [1.82, 2.24) is 9.38 Å². The summed E-state index contributed by atoms with van der Waals surface area (Å²) in [7, 11) is 0. The summed E-state index contributed by atoms with van der Waals surface area (Å²) in [6.07, 6.45) is 3.50. The fourth-order valence-electron chi connectivity index (χ4n) is 2.02. The van der Waals surface area contributed by atoms with Gasteiger partial charge in [0.15, 0.2) is 0 Å². The third kappa shape index (κ3) is 3.03. The van der Waals surface area contributed by atoms with Gasteiger partial charge in [0.2, 0.25) is 5.91 Å². The Labute approximate surface area is 125 Å². The Bertz CT molecular complexity index is 816. The highest BCUT2D eigenvalue weighted by Crippen LogP contribution is 2.14. The van der Waals surface area contributed by atoms with E-state index in [9.17, 15) is 9.18 Å². The number of para-hydroxylation sites is 1. The molecule has 21 heavy (non-hydrogen) atoms. The maximum absolute atomic E-state index is 13.5. The lowest BCUT2D eigenvalue weighted by molar-refractivity contribution is -0.115. The van der Waals surface area contributed by atoms with Crippen LogP contribution in [0.3, 0.4) is 0 Å². The molecule has 0 saturated carbocycles. The van der Waals surface area contributed by atoms with Crippen molar-refractivity contribution in [1.29, 1.82) is 0 Å². The lowest BCUT2D eigenvalue weighted by Crippen LogP contribution is -2.15. The van der Waals surface area contributed by atoms with E-state index in [-0.39, 0.29) is 18.0 Å². The minimum atomic E-state index is -0.465. The number of benzene rings is 1. The van der Waals surface area contributed by atoms with Gasteiger partial charge in [-0.3, -0.25) is 4.79 Å². The maximum Gasteiger partial charge on any atom is 0.230 e. The van der Waals surface area contributed by atoms with Crippen LogP contribution in [0.15, 0.2) is 48.8 Å². The number of hydrogen-bond donors (Lipinski definition) is 1. The number of rotatable bonds is 3. The lowest BCUT2D eigenvalue weighted by atomic mass is 10.2. The van der Waals surface area contributed by atoms with E-state index >= 15 is 0 Å². The highest BCUT2D eigenvalue weighted by atomic mass is 35.5. The van der Waals surface area contributed by atoms with Crippen molar-refractivity contribution in [2.24, 2.45) is 0 Å². The van der Waals surface area contributed by atoms with Crippen LogP contribution in [0, 0.1) is 5.82 Å². The van der Waals surface area contributed by atoms with Gasteiger partial charge >= 0.3 is 0 Å². The van der Waals surface area contributed by atoms with Crippen molar-refractivity contribution in [3.63, 3.8) is 0 Å². The van der Waals surface area contributed by atoms with Crippen LogP contribution in [0.2, 0.25) is 5.02 Å². The summed E-state index contributed by atoms with van der Waals surface area (Å²) < 4.78 is 15.2. The fourth-order valence-corrected chi connectivity index (χ4v) is 2.19. The van der Waals surface area contributed by atoms with Crippen LogP contribution >= 0.6 is 11.6 Å². The topological polar surface area (TPSA) is 46.4 Å². The average molecular weight is 304 g/mol. The number of aromatic nitrogens is 2. The summed E-state index contributed by atoms with van der Waals surface area (Å²) in [5, 5.41) is 3.11. The summed E-state index contributed by atoms with van der Waals surface area (Å²) in [5.74, 6) is -0.790. The van der Waals surface area contributed by atoms with E-state index in [0.717, 1.165) is 0 Å². The Morgan fingerprint density at radius 2 is 2.05 bits per heavy atom. The molecule has 1 amide bonds. The van der Waals surface area contributed by atoms with Gasteiger partial charge in [0.05, 0.1) is 22.8 Å². The molecule has 0 spiro atoms. The molecule has 2 heterocycles. The first-order valence-electron chi connectivity index (χ1n) is 6.29. The van der Waals surface area contributed by atoms with Gasteiger partial charge in [-0.1, -0.05) is 23.7 Å². The number of nitrogens with one attached hydrogen (secondary N) is 1. The molecule has 106 valence electrons. The molecule has 2 aromatic heterocycles. The Morgan fingerprint density at radius 3 is 2.86 bits per heavy atom. The predicted octanol–water partition coefficient (Wildman–Crippen LogP) is 3.31. The average Bonchev–Trinajstić information content (AvgIpc) is 2.82. The van der Waals surface area contributed by atoms with E-state index in [1.807, 2.05) is 0 Å². The SMILES string of the molecule is O=C(Cc1cn2cc(Cl)ccc2n1)Nc1ccccc1F. The Morgan fingerprint density at radius 1 is 1.24 bits per heavy atom. The van der Waals surface area contributed by atoms with Crippen LogP contribution in [0.4, 0.5) is 10.1 Å². The number of nitrogens with zero attached hydrogens (tertiary/aromatic N) is 2. The summed E-state index contributed by atoms with van der Waals surface area (Å²) >= 11 is 5.89. The van der Waals surface area contributed by atoms with E-state index < -0.39 is 5.82 Å². The molecular weight excluding hydrogens is 293 g/mol. The molecule has 0 radical (unpaired) electrons. The summed E-state index contributed by atoms with van der Waals surface area (Å²) in [4.78, 5) is 16.2. The third-order valence-electron chi connectivity index (χ3n) is 2.95. The second-order valence-corrected chi connectivity index (χ2v) is 4.99. The normalized spacial score (nSPS) is 10.8. The van der Waals surface area contributed by atoms with E-state index in [0.29, 0.717) is 16.4 Å². The summed E-state index contributed by atoms with van der Waals surface area (Å²) in [6.45, 7) is 0. The monoisotopic (exact) mass is 303 g/mol. The summed E-state index contributed by atoms with van der Waals surface area (Å²) in [6, 6.07) is 9.52. The number of hydrogen-bond acceptors (Lipinski definition) is 2. The van der Waals surface area contributed by atoms with Crippen molar-refractivity contribution in [2.75, 3.05) is 5.32 Å². The molecule has 1 aromatic carbocycles. The van der Waals surface area contributed by atoms with Crippen LogP contribution < -0.4 is 5.32 Å². The second-order valence-electron chi connectivity index (χ2n) is 4.55. The Kier molecular flexibility index (Phi) is 3.58. The number of anilines is 1. The number of halogens is 2. The molecule has 3 rings (SSSR count). The molecule has 1 N–H and O–H groups in total. The standard InChI is InChI=1S/C15H11ClFN3O/c16-10-5-6-14-18-11(9-20(14)8-10)7-15(21)19-13-4-2-1-3-12(13)17/h1-6,8-9H,7H2,(H,19,21). The zero-order chi connectivity index (χ0) is 14.8. The molecule has 0 atom stereocenters. The minimum Gasteiger partial charge on any atom is -0.323 e. The molecule has 0 saturated heterocycles. The molecule has 6 heteroatoms. The Balaban J connectivity index is 1.75. The Hall–Kier alpha value is -2.40. The first-order chi connectivity index (χ1) is 10.1. The molecule has 0 bridgehead atoms. The number of carbonyl (C=O) groups excluding carboxylic acids is 1. The highest BCUT2D eigenvalue weighted by molar-refractivity contribution is 6.30. The van der Waals surface area contributed by atoms with E-state index in [1.54, 1.807) is 41.1 Å². The van der Waals surface area contributed by atoms with Crippen molar-refractivity contribution < 1.29 is 9.18 Å². The van der Waals surface area contributed by atoms with E-state index in [2.05, 4.69) is 10.3 Å². The van der Waals surface area contributed by atoms with Crippen LogP contribution in [-0.2, 0) is 11.2 Å². The van der Waals surface area contributed by atoms with Gasteiger partial charge in [-0.25, -0.2) is 9.37 Å². The predicted molar refractivity (Wildman–Crippen MR) is 78.9 cm³/mol. The molecule has 0 unspecified atom stereocenters. The first kappa shape index (κ1) is 13.6. The van der Waals surface area contributed by atoms with Gasteiger partial charge in [0, 0.05) is 12.4 Å². The van der Waals surface area contributed by atoms with E-state index in [1.165, 1.54) is 12.1 Å². The molecule has 3 aromatic rings.